The first-order valence-electron chi connectivity index (χ1n) is 5.59. The lowest BCUT2D eigenvalue weighted by molar-refractivity contribution is 0.0953. The highest BCUT2D eigenvalue weighted by atomic mass is 16.2. The van der Waals surface area contributed by atoms with Crippen LogP contribution in [0.25, 0.3) is 0 Å². The lowest BCUT2D eigenvalue weighted by Gasteiger charge is -2.21. The van der Waals surface area contributed by atoms with Gasteiger partial charge in [0.15, 0.2) is 0 Å². The van der Waals surface area contributed by atoms with E-state index >= 15 is 0 Å². The normalized spacial score (nSPS) is 15.2. The topological polar surface area (TPSA) is 58.4 Å². The molecule has 1 aromatic rings. The van der Waals surface area contributed by atoms with Crippen LogP contribution < -0.4 is 16.2 Å². The van der Waals surface area contributed by atoms with Crippen molar-refractivity contribution in [3.05, 3.63) is 29.3 Å². The lowest BCUT2D eigenvalue weighted by Crippen LogP contribution is -2.31. The second kappa shape index (κ2) is 4.53. The SMILES string of the molecule is Cc1c(C(=O)NN)cccc1N1CCCC1. The number of nitrogens with zero attached hydrogens (tertiary/aromatic N) is 1. The summed E-state index contributed by atoms with van der Waals surface area (Å²) in [7, 11) is 0. The zero-order valence-electron chi connectivity index (χ0n) is 9.49. The molecular formula is C12H17N3O. The van der Waals surface area contributed by atoms with Gasteiger partial charge < -0.3 is 4.90 Å². The number of hydrogen-bond donors (Lipinski definition) is 2. The van der Waals surface area contributed by atoms with Crippen molar-refractivity contribution in [3.8, 4) is 0 Å². The summed E-state index contributed by atoms with van der Waals surface area (Å²) < 4.78 is 0. The molecule has 1 aliphatic heterocycles. The van der Waals surface area contributed by atoms with Gasteiger partial charge >= 0.3 is 0 Å². The zero-order valence-corrected chi connectivity index (χ0v) is 9.49. The number of nitrogen functional groups attached to an aromatic ring is 1. The van der Waals surface area contributed by atoms with Crippen LogP contribution in [0.1, 0.15) is 28.8 Å². The number of nitrogens with one attached hydrogen (secondary N) is 1. The molecule has 1 saturated heterocycles. The summed E-state index contributed by atoms with van der Waals surface area (Å²) in [5.74, 6) is 4.94. The van der Waals surface area contributed by atoms with E-state index in [2.05, 4.69) is 16.4 Å². The van der Waals surface area contributed by atoms with E-state index in [1.807, 2.05) is 13.0 Å². The fourth-order valence-corrected chi connectivity index (χ4v) is 2.25. The van der Waals surface area contributed by atoms with Crippen molar-refractivity contribution in [1.29, 1.82) is 0 Å². The molecule has 2 rings (SSSR count). The summed E-state index contributed by atoms with van der Waals surface area (Å²) in [5.41, 5.74) is 5.00. The molecule has 0 unspecified atom stereocenters. The van der Waals surface area contributed by atoms with Gasteiger partial charge in [0, 0.05) is 24.3 Å². The van der Waals surface area contributed by atoms with Crippen LogP contribution in [0.15, 0.2) is 18.2 Å². The maximum absolute atomic E-state index is 11.5. The Labute approximate surface area is 95.4 Å². The predicted molar refractivity (Wildman–Crippen MR) is 64.3 cm³/mol. The highest BCUT2D eigenvalue weighted by Crippen LogP contribution is 2.26. The number of anilines is 1. The van der Waals surface area contributed by atoms with Crippen molar-refractivity contribution in [1.82, 2.24) is 5.43 Å². The maximum atomic E-state index is 11.5. The van der Waals surface area contributed by atoms with Crippen LogP contribution in [0.3, 0.4) is 0 Å². The largest absolute Gasteiger partial charge is 0.371 e. The minimum Gasteiger partial charge on any atom is -0.371 e. The van der Waals surface area contributed by atoms with Crippen LogP contribution in [-0.2, 0) is 0 Å². The number of hydrogen-bond acceptors (Lipinski definition) is 3. The van der Waals surface area contributed by atoms with E-state index in [1.54, 1.807) is 6.07 Å². The Hall–Kier alpha value is -1.55. The Bertz CT molecular complexity index is 397. The smallest absolute Gasteiger partial charge is 0.265 e. The molecule has 0 radical (unpaired) electrons. The average Bonchev–Trinajstić information content (AvgIpc) is 2.82. The third-order valence-corrected chi connectivity index (χ3v) is 3.13. The number of carbonyl (C=O) groups excluding carboxylic acids is 1. The first kappa shape index (κ1) is 11.0. The van der Waals surface area contributed by atoms with Crippen LogP contribution in [0, 0.1) is 6.92 Å². The minimum atomic E-state index is -0.224. The van der Waals surface area contributed by atoms with E-state index in [9.17, 15) is 4.79 Å². The van der Waals surface area contributed by atoms with Crippen molar-refractivity contribution < 1.29 is 4.79 Å². The van der Waals surface area contributed by atoms with E-state index < -0.39 is 0 Å². The molecule has 0 spiro atoms. The van der Waals surface area contributed by atoms with Crippen molar-refractivity contribution in [2.75, 3.05) is 18.0 Å². The molecular weight excluding hydrogens is 202 g/mol. The van der Waals surface area contributed by atoms with Crippen LogP contribution >= 0.6 is 0 Å². The molecule has 0 saturated carbocycles. The first-order chi connectivity index (χ1) is 7.74. The molecule has 0 aliphatic carbocycles. The van der Waals surface area contributed by atoms with Gasteiger partial charge in [0.1, 0.15) is 0 Å². The van der Waals surface area contributed by atoms with Gasteiger partial charge in [-0.3, -0.25) is 10.2 Å². The van der Waals surface area contributed by atoms with E-state index in [1.165, 1.54) is 12.8 Å². The van der Waals surface area contributed by atoms with E-state index in [4.69, 9.17) is 5.84 Å². The van der Waals surface area contributed by atoms with Gasteiger partial charge in [0.05, 0.1) is 0 Å². The standard InChI is InChI=1S/C12H17N3O/c1-9-10(12(16)14-13)5-4-6-11(9)15-7-2-3-8-15/h4-6H,2-3,7-8,13H2,1H3,(H,14,16). The third kappa shape index (κ3) is 1.88. The summed E-state index contributed by atoms with van der Waals surface area (Å²) in [5, 5.41) is 0. The van der Waals surface area contributed by atoms with Crippen LogP contribution in [-0.4, -0.2) is 19.0 Å². The summed E-state index contributed by atoms with van der Waals surface area (Å²) in [6.07, 6.45) is 2.46. The molecule has 0 aromatic heterocycles. The van der Waals surface area contributed by atoms with Gasteiger partial charge in [-0.25, -0.2) is 5.84 Å². The first-order valence-corrected chi connectivity index (χ1v) is 5.59. The number of amides is 1. The fraction of sp³-hybridized carbons (Fsp3) is 0.417. The lowest BCUT2D eigenvalue weighted by atomic mass is 10.1. The van der Waals surface area contributed by atoms with Gasteiger partial charge in [-0.15, -0.1) is 0 Å². The molecule has 1 heterocycles. The van der Waals surface area contributed by atoms with Crippen molar-refractivity contribution in [2.45, 2.75) is 19.8 Å². The van der Waals surface area contributed by atoms with E-state index in [0.29, 0.717) is 5.56 Å². The summed E-state index contributed by atoms with van der Waals surface area (Å²) >= 11 is 0. The fourth-order valence-electron chi connectivity index (χ4n) is 2.25. The Balaban J connectivity index is 2.35. The average molecular weight is 219 g/mol. The Morgan fingerprint density at radius 3 is 2.69 bits per heavy atom. The van der Waals surface area contributed by atoms with Crippen LogP contribution in [0.4, 0.5) is 5.69 Å². The molecule has 0 atom stereocenters. The second-order valence-electron chi connectivity index (χ2n) is 4.12. The van der Waals surface area contributed by atoms with Crippen LogP contribution in [0.2, 0.25) is 0 Å². The molecule has 16 heavy (non-hydrogen) atoms. The molecule has 1 aliphatic rings. The molecule has 86 valence electrons. The Morgan fingerprint density at radius 2 is 2.06 bits per heavy atom. The molecule has 1 aromatic carbocycles. The minimum absolute atomic E-state index is 0.224. The van der Waals surface area contributed by atoms with E-state index in [0.717, 1.165) is 24.3 Å². The second-order valence-corrected chi connectivity index (χ2v) is 4.12. The number of benzene rings is 1. The summed E-state index contributed by atoms with van der Waals surface area (Å²) in [4.78, 5) is 13.9. The predicted octanol–water partition coefficient (Wildman–Crippen LogP) is 1.20. The highest BCUT2D eigenvalue weighted by Gasteiger charge is 2.17. The third-order valence-electron chi connectivity index (χ3n) is 3.13. The van der Waals surface area contributed by atoms with Gasteiger partial charge in [-0.2, -0.15) is 0 Å². The monoisotopic (exact) mass is 219 g/mol. The highest BCUT2D eigenvalue weighted by molar-refractivity contribution is 5.96. The van der Waals surface area contributed by atoms with Gasteiger partial charge in [-0.1, -0.05) is 6.07 Å². The van der Waals surface area contributed by atoms with Crippen molar-refractivity contribution >= 4 is 11.6 Å². The molecule has 0 bridgehead atoms. The molecule has 3 N–H and O–H groups in total. The van der Waals surface area contributed by atoms with Gasteiger partial charge in [0.25, 0.3) is 5.91 Å². The van der Waals surface area contributed by atoms with E-state index in [-0.39, 0.29) is 5.91 Å². The number of nitrogens with two attached hydrogens (primary N) is 1. The van der Waals surface area contributed by atoms with Crippen molar-refractivity contribution in [3.63, 3.8) is 0 Å². The molecule has 1 fully saturated rings. The van der Waals surface area contributed by atoms with Crippen molar-refractivity contribution in [2.24, 2.45) is 5.84 Å². The molecule has 4 nitrogen and oxygen atoms in total. The van der Waals surface area contributed by atoms with Gasteiger partial charge in [0.2, 0.25) is 0 Å². The maximum Gasteiger partial charge on any atom is 0.265 e. The summed E-state index contributed by atoms with van der Waals surface area (Å²) in [6, 6.07) is 5.77. The molecule has 1 amide bonds. The van der Waals surface area contributed by atoms with Gasteiger partial charge in [-0.05, 0) is 37.5 Å². The number of hydrazine groups is 1. The number of carbonyl (C=O) groups is 1. The Morgan fingerprint density at radius 1 is 1.38 bits per heavy atom. The number of rotatable bonds is 2. The molecule has 4 heteroatoms. The Kier molecular flexibility index (Phi) is 3.10. The summed E-state index contributed by atoms with van der Waals surface area (Å²) in [6.45, 7) is 4.13. The zero-order chi connectivity index (χ0) is 11.5. The van der Waals surface area contributed by atoms with Crippen LogP contribution in [0.5, 0.6) is 0 Å². The quantitative estimate of drug-likeness (QED) is 0.446.